The van der Waals surface area contributed by atoms with Gasteiger partial charge < -0.3 is 0 Å². The van der Waals surface area contributed by atoms with E-state index in [1.54, 1.807) is 6.21 Å². The molecule has 1 aromatic carbocycles. The maximum Gasteiger partial charge on any atom is 0.300 e. The van der Waals surface area contributed by atoms with Gasteiger partial charge >= 0.3 is 5.79 Å². The summed E-state index contributed by atoms with van der Waals surface area (Å²) in [6, 6.07) is 10.3. The Morgan fingerprint density at radius 3 is 2.74 bits per heavy atom. The number of aliphatic imine (C=N–C) groups is 1. The van der Waals surface area contributed by atoms with E-state index in [9.17, 15) is 0 Å². The molecule has 4 aliphatic heterocycles. The maximum atomic E-state index is 6.78. The summed E-state index contributed by atoms with van der Waals surface area (Å²) in [5, 5.41) is 16.1. The van der Waals surface area contributed by atoms with Crippen LogP contribution in [0.1, 0.15) is 12.5 Å². The van der Waals surface area contributed by atoms with E-state index in [1.165, 1.54) is 5.56 Å². The molecule has 0 spiro atoms. The summed E-state index contributed by atoms with van der Waals surface area (Å²) >= 11 is 0. The van der Waals surface area contributed by atoms with Crippen LogP contribution in [0.3, 0.4) is 0 Å². The smallest absolute Gasteiger partial charge is 0.295 e. The lowest BCUT2D eigenvalue weighted by atomic mass is 10.2. The molecule has 8 heteroatoms. The minimum absolute atomic E-state index is 0.152. The van der Waals surface area contributed by atoms with Crippen molar-refractivity contribution in [3.63, 3.8) is 0 Å². The first-order chi connectivity index (χ1) is 13.0. The van der Waals surface area contributed by atoms with Gasteiger partial charge in [0.25, 0.3) is 5.82 Å². The fourth-order valence-corrected chi connectivity index (χ4v) is 3.96. The molecule has 5 rings (SSSR count). The first-order valence-corrected chi connectivity index (χ1v) is 8.89. The fraction of sp³-hybridized carbons (Fsp3) is 0.211. The average Bonchev–Trinajstić information content (AvgIpc) is 3.32. The molecule has 1 aromatic rings. The number of allylic oxidation sites excluding steroid dienone is 2. The molecule has 0 radical (unpaired) electrons. The standard InChI is InChI=1S/C19H22N8/c1-14-19(20,26(2)17(23-14)8-10-21-26)25-16-13-27(18(24-16)9-11-22-27)12-15-6-4-3-5-7-15/h3-11,13,24-25H,12,20H2,1-2H3/q+2. The highest BCUT2D eigenvalue weighted by Crippen LogP contribution is 2.38. The third-order valence-electron chi connectivity index (χ3n) is 5.61. The molecule has 0 bridgehead atoms. The van der Waals surface area contributed by atoms with E-state index < -0.39 is 5.79 Å². The molecular weight excluding hydrogens is 340 g/mol. The normalized spacial score (nSPS) is 35.2. The van der Waals surface area contributed by atoms with E-state index in [2.05, 4.69) is 39.1 Å². The van der Waals surface area contributed by atoms with Crippen LogP contribution >= 0.6 is 0 Å². The van der Waals surface area contributed by atoms with E-state index in [0.717, 1.165) is 29.7 Å². The van der Waals surface area contributed by atoms with Gasteiger partial charge in [-0.3, -0.25) is 16.4 Å². The van der Waals surface area contributed by atoms with Crippen molar-refractivity contribution in [1.82, 2.24) is 10.6 Å². The van der Waals surface area contributed by atoms with Gasteiger partial charge in [-0.15, -0.1) is 9.18 Å². The van der Waals surface area contributed by atoms with Crippen LogP contribution in [0, 0.1) is 0 Å². The molecule has 0 aliphatic carbocycles. The van der Waals surface area contributed by atoms with Gasteiger partial charge in [0.15, 0.2) is 12.0 Å². The number of nitrogens with zero attached hydrogens (tertiary/aromatic N) is 5. The lowest BCUT2D eigenvalue weighted by Crippen LogP contribution is -2.72. The third-order valence-corrected chi connectivity index (χ3v) is 5.61. The predicted molar refractivity (Wildman–Crippen MR) is 104 cm³/mol. The first kappa shape index (κ1) is 16.1. The topological polar surface area (TPSA) is 87.2 Å². The van der Waals surface area contributed by atoms with Gasteiger partial charge in [0.1, 0.15) is 19.3 Å². The molecule has 8 nitrogen and oxygen atoms in total. The molecule has 0 amide bonds. The molecule has 4 N–H and O–H groups in total. The van der Waals surface area contributed by atoms with Crippen LogP contribution < -0.4 is 16.4 Å². The predicted octanol–water partition coefficient (Wildman–Crippen LogP) is 1.21. The van der Waals surface area contributed by atoms with Crippen molar-refractivity contribution in [3.05, 3.63) is 71.7 Å². The number of quaternary nitrogens is 2. The van der Waals surface area contributed by atoms with Gasteiger partial charge in [0.2, 0.25) is 5.82 Å². The molecule has 0 aromatic heterocycles. The fourth-order valence-electron chi connectivity index (χ4n) is 3.96. The number of nitrogens with two attached hydrogens (primary N) is 1. The molecule has 4 aliphatic rings. The lowest BCUT2D eigenvalue weighted by molar-refractivity contribution is -0.916. The second kappa shape index (κ2) is 5.23. The van der Waals surface area contributed by atoms with Crippen LogP contribution in [0.5, 0.6) is 0 Å². The van der Waals surface area contributed by atoms with E-state index in [1.807, 2.05) is 50.5 Å². The first-order valence-electron chi connectivity index (χ1n) is 8.89. The summed E-state index contributed by atoms with van der Waals surface area (Å²) in [6.45, 7) is 2.65. The monoisotopic (exact) mass is 362 g/mol. The Morgan fingerprint density at radius 2 is 1.93 bits per heavy atom. The number of hydrogen-bond acceptors (Lipinski definition) is 6. The van der Waals surface area contributed by atoms with Crippen molar-refractivity contribution in [1.29, 1.82) is 0 Å². The van der Waals surface area contributed by atoms with E-state index >= 15 is 0 Å². The minimum Gasteiger partial charge on any atom is -0.295 e. The molecule has 0 saturated carbocycles. The van der Waals surface area contributed by atoms with Gasteiger partial charge in [-0.2, -0.15) is 4.99 Å². The van der Waals surface area contributed by atoms with Crippen LogP contribution in [0.25, 0.3) is 0 Å². The van der Waals surface area contributed by atoms with Crippen LogP contribution in [-0.4, -0.2) is 40.2 Å². The van der Waals surface area contributed by atoms with Gasteiger partial charge in [0.05, 0.1) is 12.4 Å². The Hall–Kier alpha value is -3.07. The van der Waals surface area contributed by atoms with Crippen LogP contribution in [0.4, 0.5) is 0 Å². The van der Waals surface area contributed by atoms with E-state index in [4.69, 9.17) is 10.8 Å². The molecule has 0 fully saturated rings. The summed E-state index contributed by atoms with van der Waals surface area (Å²) in [7, 11) is 1.95. The molecule has 27 heavy (non-hydrogen) atoms. The van der Waals surface area contributed by atoms with Crippen molar-refractivity contribution in [2.45, 2.75) is 19.3 Å². The molecular formula is C19H22N8+2. The summed E-state index contributed by atoms with van der Waals surface area (Å²) in [4.78, 5) is 4.61. The summed E-state index contributed by atoms with van der Waals surface area (Å²) in [5.41, 5.74) is 8.77. The molecule has 136 valence electrons. The Balaban J connectivity index is 1.47. The van der Waals surface area contributed by atoms with Gasteiger partial charge in [-0.05, 0) is 6.92 Å². The quantitative estimate of drug-likeness (QED) is 0.556. The van der Waals surface area contributed by atoms with Crippen LogP contribution in [0.2, 0.25) is 0 Å². The Kier molecular flexibility index (Phi) is 3.12. The SMILES string of the molecule is CC1=NC2=CC=N[N+]2(C)C1(N)NC1=C[N+]2(Cc3ccccc3)N=CC=C2N1. The van der Waals surface area contributed by atoms with Crippen molar-refractivity contribution >= 4 is 18.1 Å². The van der Waals surface area contributed by atoms with Gasteiger partial charge in [0, 0.05) is 17.7 Å². The Morgan fingerprint density at radius 1 is 1.15 bits per heavy atom. The maximum absolute atomic E-state index is 6.78. The second-order valence-electron chi connectivity index (χ2n) is 7.29. The van der Waals surface area contributed by atoms with Crippen LogP contribution in [0.15, 0.2) is 81.3 Å². The number of hydrogen-bond donors (Lipinski definition) is 3. The molecule has 3 atom stereocenters. The number of nitrogens with one attached hydrogen (secondary N) is 2. The van der Waals surface area contributed by atoms with E-state index in [-0.39, 0.29) is 4.59 Å². The minimum atomic E-state index is -0.960. The highest BCUT2D eigenvalue weighted by Gasteiger charge is 2.60. The van der Waals surface area contributed by atoms with Crippen molar-refractivity contribution in [2.75, 3.05) is 7.05 Å². The third kappa shape index (κ3) is 2.11. The van der Waals surface area contributed by atoms with Crippen molar-refractivity contribution < 1.29 is 9.18 Å². The lowest BCUT2D eigenvalue weighted by Gasteiger charge is -2.36. The average molecular weight is 362 g/mol. The largest absolute Gasteiger partial charge is 0.300 e. The zero-order chi connectivity index (χ0) is 18.7. The molecule has 4 heterocycles. The van der Waals surface area contributed by atoms with Gasteiger partial charge in [-0.1, -0.05) is 40.5 Å². The Bertz CT molecular complexity index is 1000. The van der Waals surface area contributed by atoms with Crippen molar-refractivity contribution in [2.24, 2.45) is 20.9 Å². The number of rotatable bonds is 4. The summed E-state index contributed by atoms with van der Waals surface area (Å²) in [5.74, 6) is 1.65. The highest BCUT2D eigenvalue weighted by molar-refractivity contribution is 5.93. The van der Waals surface area contributed by atoms with Gasteiger partial charge in [-0.25, -0.2) is 0 Å². The number of benzene rings is 1. The van der Waals surface area contributed by atoms with E-state index in [0.29, 0.717) is 4.59 Å². The summed E-state index contributed by atoms with van der Waals surface area (Å²) < 4.78 is 0.507. The second-order valence-corrected chi connectivity index (χ2v) is 7.29. The Labute approximate surface area is 157 Å². The van der Waals surface area contributed by atoms with Crippen LogP contribution in [-0.2, 0) is 6.54 Å². The molecule has 3 unspecified atom stereocenters. The molecule has 0 saturated heterocycles. The highest BCUT2D eigenvalue weighted by atomic mass is 15.8. The zero-order valence-electron chi connectivity index (χ0n) is 15.3. The van der Waals surface area contributed by atoms with Crippen molar-refractivity contribution in [3.8, 4) is 0 Å². The zero-order valence-corrected chi connectivity index (χ0v) is 15.3. The number of fused-ring (bicyclic) bond motifs is 2. The summed E-state index contributed by atoms with van der Waals surface area (Å²) in [6.07, 6.45) is 9.52.